The molecule has 1 fully saturated rings. The van der Waals surface area contributed by atoms with Gasteiger partial charge in [0.05, 0.1) is 17.9 Å². The third kappa shape index (κ3) is 4.15. The lowest BCUT2D eigenvalue weighted by Crippen LogP contribution is -2.46. The second kappa shape index (κ2) is 9.47. The zero-order chi connectivity index (χ0) is 26.2. The van der Waals surface area contributed by atoms with E-state index in [9.17, 15) is 9.59 Å². The molecule has 1 saturated heterocycles. The molecule has 6 rings (SSSR count). The molecule has 2 aromatic carbocycles. The number of nitrogens with zero attached hydrogens (tertiary/aromatic N) is 6. The van der Waals surface area contributed by atoms with Crippen LogP contribution in [0.5, 0.6) is 5.75 Å². The number of nitrogens with one attached hydrogen (secondary N) is 1. The SMILES string of the molecule is Cc1cc(-c2ccccc2)c(C(=O)C(=O)Nc2ccc3c(c2)OC=C2CN(c4ncncn4)CCN23)n1C. The number of carbonyl (C=O) groups is 2. The Labute approximate surface area is 219 Å². The average Bonchev–Trinajstić information content (AvgIpc) is 3.26. The molecule has 0 radical (unpaired) electrons. The molecule has 2 aromatic heterocycles. The van der Waals surface area contributed by atoms with Gasteiger partial charge in [0.1, 0.15) is 24.6 Å². The van der Waals surface area contributed by atoms with Gasteiger partial charge in [-0.1, -0.05) is 30.3 Å². The van der Waals surface area contributed by atoms with Crippen LogP contribution in [0.15, 0.2) is 79.2 Å². The number of fused-ring (bicyclic) bond motifs is 3. The van der Waals surface area contributed by atoms with Crippen molar-refractivity contribution in [2.45, 2.75) is 6.92 Å². The van der Waals surface area contributed by atoms with Crippen molar-refractivity contribution in [2.24, 2.45) is 7.05 Å². The van der Waals surface area contributed by atoms with Crippen molar-refractivity contribution in [3.05, 3.63) is 90.6 Å². The van der Waals surface area contributed by atoms with Gasteiger partial charge in [-0.25, -0.2) is 15.0 Å². The Kier molecular flexibility index (Phi) is 5.83. The first-order valence-corrected chi connectivity index (χ1v) is 12.2. The van der Waals surface area contributed by atoms with E-state index in [2.05, 4.69) is 30.1 Å². The molecule has 0 saturated carbocycles. The minimum absolute atomic E-state index is 0.351. The fourth-order valence-electron chi connectivity index (χ4n) is 4.85. The van der Waals surface area contributed by atoms with Crippen molar-refractivity contribution >= 4 is 29.0 Å². The molecular formula is C28H25N7O3. The van der Waals surface area contributed by atoms with E-state index >= 15 is 0 Å². The van der Waals surface area contributed by atoms with Gasteiger partial charge >= 0.3 is 0 Å². The van der Waals surface area contributed by atoms with E-state index < -0.39 is 11.7 Å². The molecule has 2 aliphatic heterocycles. The Morgan fingerprint density at radius 2 is 1.79 bits per heavy atom. The second-order valence-corrected chi connectivity index (χ2v) is 9.18. The van der Waals surface area contributed by atoms with Crippen molar-refractivity contribution in [3.8, 4) is 16.9 Å². The van der Waals surface area contributed by atoms with Gasteiger partial charge in [-0.2, -0.15) is 0 Å². The molecule has 0 unspecified atom stereocenters. The van der Waals surface area contributed by atoms with Crippen LogP contribution in [0.25, 0.3) is 11.1 Å². The number of aryl methyl sites for hydroxylation is 1. The number of Topliss-reactive ketones (excluding diaryl/α,β-unsaturated/α-hetero) is 1. The minimum atomic E-state index is -0.707. The van der Waals surface area contributed by atoms with E-state index in [1.54, 1.807) is 30.0 Å². The van der Waals surface area contributed by atoms with E-state index in [1.807, 2.05) is 49.4 Å². The second-order valence-electron chi connectivity index (χ2n) is 9.18. The molecule has 4 aromatic rings. The predicted octanol–water partition coefficient (Wildman–Crippen LogP) is 3.57. The Morgan fingerprint density at radius 1 is 1.00 bits per heavy atom. The van der Waals surface area contributed by atoms with E-state index in [0.29, 0.717) is 36.2 Å². The van der Waals surface area contributed by atoms with Gasteiger partial charge in [-0.3, -0.25) is 9.59 Å². The summed E-state index contributed by atoms with van der Waals surface area (Å²) >= 11 is 0. The number of carbonyl (C=O) groups excluding carboxylic acids is 2. The number of rotatable bonds is 5. The van der Waals surface area contributed by atoms with Crippen LogP contribution in [0.2, 0.25) is 0 Å². The quantitative estimate of drug-likeness (QED) is 0.323. The molecule has 10 heteroatoms. The fourth-order valence-corrected chi connectivity index (χ4v) is 4.85. The third-order valence-corrected chi connectivity index (χ3v) is 6.86. The summed E-state index contributed by atoms with van der Waals surface area (Å²) in [6, 6.07) is 16.9. The van der Waals surface area contributed by atoms with Crippen LogP contribution in [0.4, 0.5) is 17.3 Å². The Bertz CT molecular complexity index is 1560. The molecule has 0 atom stereocenters. The normalized spacial score (nSPS) is 14.2. The van der Waals surface area contributed by atoms with Crippen molar-refractivity contribution < 1.29 is 14.3 Å². The highest BCUT2D eigenvalue weighted by Crippen LogP contribution is 2.38. The lowest BCUT2D eigenvalue weighted by atomic mass is 10.0. The molecule has 1 N–H and O–H groups in total. The van der Waals surface area contributed by atoms with Gasteiger partial charge in [0, 0.05) is 43.1 Å². The highest BCUT2D eigenvalue weighted by Gasteiger charge is 2.30. The molecule has 4 heterocycles. The number of amides is 1. The summed E-state index contributed by atoms with van der Waals surface area (Å²) in [5.74, 6) is -0.0822. The summed E-state index contributed by atoms with van der Waals surface area (Å²) < 4.78 is 7.67. The van der Waals surface area contributed by atoms with Crippen molar-refractivity contribution in [1.82, 2.24) is 19.5 Å². The number of aromatic nitrogens is 4. The van der Waals surface area contributed by atoms with Gasteiger partial charge in [0.25, 0.3) is 11.7 Å². The maximum Gasteiger partial charge on any atom is 0.298 e. The first kappa shape index (κ1) is 23.4. The largest absolute Gasteiger partial charge is 0.461 e. The number of hydrogen-bond donors (Lipinski definition) is 1. The van der Waals surface area contributed by atoms with Gasteiger partial charge in [0.15, 0.2) is 5.75 Å². The molecular weight excluding hydrogens is 482 g/mol. The van der Waals surface area contributed by atoms with Gasteiger partial charge in [0.2, 0.25) is 5.95 Å². The highest BCUT2D eigenvalue weighted by atomic mass is 16.5. The van der Waals surface area contributed by atoms with E-state index in [0.717, 1.165) is 34.8 Å². The number of anilines is 3. The predicted molar refractivity (Wildman–Crippen MR) is 143 cm³/mol. The summed E-state index contributed by atoms with van der Waals surface area (Å²) in [5.41, 5.74) is 5.20. The first-order chi connectivity index (χ1) is 18.5. The van der Waals surface area contributed by atoms with Crippen molar-refractivity contribution in [2.75, 3.05) is 34.8 Å². The summed E-state index contributed by atoms with van der Waals surface area (Å²) in [6.45, 7) is 3.95. The maximum atomic E-state index is 13.3. The Morgan fingerprint density at radius 3 is 2.58 bits per heavy atom. The van der Waals surface area contributed by atoms with Gasteiger partial charge in [-0.05, 0) is 30.7 Å². The van der Waals surface area contributed by atoms with E-state index in [1.165, 1.54) is 12.7 Å². The molecule has 10 nitrogen and oxygen atoms in total. The molecule has 190 valence electrons. The van der Waals surface area contributed by atoms with Crippen LogP contribution in [0, 0.1) is 6.92 Å². The zero-order valence-corrected chi connectivity index (χ0v) is 21.0. The van der Waals surface area contributed by atoms with Crippen LogP contribution in [0.3, 0.4) is 0 Å². The average molecular weight is 508 g/mol. The fraction of sp³-hybridized carbons (Fsp3) is 0.179. The molecule has 2 aliphatic rings. The standard InChI is InChI=1S/C28H25N7O3/c1-18-12-22(19-6-4-3-5-7-19)25(33(18)2)26(36)27(37)32-20-8-9-23-24(13-20)38-15-21-14-34(10-11-35(21)23)28-30-16-29-17-31-28/h3-9,12-13,15-17H,10-11,14H2,1-2H3,(H,32,37). The van der Waals surface area contributed by atoms with Crippen LogP contribution < -0.4 is 19.9 Å². The van der Waals surface area contributed by atoms with Crippen LogP contribution in [-0.4, -0.2) is 50.8 Å². The molecule has 38 heavy (non-hydrogen) atoms. The third-order valence-electron chi connectivity index (χ3n) is 6.86. The number of ketones is 1. The molecule has 0 spiro atoms. The number of piperazine rings is 1. The van der Waals surface area contributed by atoms with Crippen molar-refractivity contribution in [1.29, 1.82) is 0 Å². The van der Waals surface area contributed by atoms with Gasteiger partial charge < -0.3 is 24.4 Å². The first-order valence-electron chi connectivity index (χ1n) is 12.2. The number of benzene rings is 2. The number of ether oxygens (including phenoxy) is 1. The topological polar surface area (TPSA) is 105 Å². The van der Waals surface area contributed by atoms with Crippen LogP contribution in [-0.2, 0) is 11.8 Å². The number of hydrogen-bond acceptors (Lipinski definition) is 8. The summed E-state index contributed by atoms with van der Waals surface area (Å²) in [6.07, 6.45) is 4.67. The van der Waals surface area contributed by atoms with Gasteiger partial charge in [-0.15, -0.1) is 0 Å². The smallest absolute Gasteiger partial charge is 0.298 e. The summed E-state index contributed by atoms with van der Waals surface area (Å²) in [7, 11) is 1.79. The minimum Gasteiger partial charge on any atom is -0.461 e. The van der Waals surface area contributed by atoms with E-state index in [4.69, 9.17) is 4.74 Å². The Hall–Kier alpha value is -4.99. The Balaban J connectivity index is 1.20. The monoisotopic (exact) mass is 507 g/mol. The molecule has 0 bridgehead atoms. The lowest BCUT2D eigenvalue weighted by Gasteiger charge is -2.40. The summed E-state index contributed by atoms with van der Waals surface area (Å²) in [4.78, 5) is 43.0. The maximum absolute atomic E-state index is 13.3. The zero-order valence-electron chi connectivity index (χ0n) is 21.0. The van der Waals surface area contributed by atoms with E-state index in [-0.39, 0.29) is 0 Å². The van der Waals surface area contributed by atoms with Crippen LogP contribution in [0.1, 0.15) is 16.2 Å². The van der Waals surface area contributed by atoms with Crippen LogP contribution >= 0.6 is 0 Å². The lowest BCUT2D eigenvalue weighted by molar-refractivity contribution is -0.112. The highest BCUT2D eigenvalue weighted by molar-refractivity contribution is 6.47. The molecule has 1 amide bonds. The summed E-state index contributed by atoms with van der Waals surface area (Å²) in [5, 5.41) is 2.75. The van der Waals surface area contributed by atoms with Crippen molar-refractivity contribution in [3.63, 3.8) is 0 Å². The molecule has 0 aliphatic carbocycles.